The molecule has 2 N–H and O–H groups in total. The summed E-state index contributed by atoms with van der Waals surface area (Å²) in [6, 6.07) is 14.4. The van der Waals surface area contributed by atoms with E-state index in [0.29, 0.717) is 12.6 Å². The summed E-state index contributed by atoms with van der Waals surface area (Å²) in [6.07, 6.45) is 1.04. The molecule has 24 heavy (non-hydrogen) atoms. The molecule has 1 saturated heterocycles. The summed E-state index contributed by atoms with van der Waals surface area (Å²) in [5.41, 5.74) is 1.72. The van der Waals surface area contributed by atoms with Gasteiger partial charge in [-0.15, -0.1) is 0 Å². The van der Waals surface area contributed by atoms with Gasteiger partial charge in [-0.05, 0) is 42.3 Å². The van der Waals surface area contributed by atoms with Crippen molar-refractivity contribution >= 4 is 5.69 Å². The SMILES string of the molecule is OCc1ccc(OCCN2CCC(Nc3cccc(F)c3)C2)cc1. The van der Waals surface area contributed by atoms with Crippen molar-refractivity contribution in [2.24, 2.45) is 0 Å². The minimum absolute atomic E-state index is 0.0494. The molecule has 0 saturated carbocycles. The zero-order valence-electron chi connectivity index (χ0n) is 13.6. The summed E-state index contributed by atoms with van der Waals surface area (Å²) in [6.45, 7) is 3.49. The van der Waals surface area contributed by atoms with Gasteiger partial charge in [-0.1, -0.05) is 18.2 Å². The van der Waals surface area contributed by atoms with E-state index in [4.69, 9.17) is 9.84 Å². The van der Waals surface area contributed by atoms with Crippen LogP contribution < -0.4 is 10.1 Å². The Labute approximate surface area is 141 Å². The molecule has 128 valence electrons. The van der Waals surface area contributed by atoms with Gasteiger partial charge in [0.25, 0.3) is 0 Å². The van der Waals surface area contributed by atoms with Gasteiger partial charge in [0.2, 0.25) is 0 Å². The van der Waals surface area contributed by atoms with E-state index < -0.39 is 0 Å². The second kappa shape index (κ2) is 8.13. The monoisotopic (exact) mass is 330 g/mol. The summed E-state index contributed by atoms with van der Waals surface area (Å²) in [5, 5.41) is 12.4. The standard InChI is InChI=1S/C19H23FN2O2/c20-16-2-1-3-17(12-16)21-18-8-9-22(13-18)10-11-24-19-6-4-15(14-23)5-7-19/h1-7,12,18,21,23H,8-11,13-14H2. The van der Waals surface area contributed by atoms with E-state index in [-0.39, 0.29) is 12.4 Å². The molecule has 2 aromatic carbocycles. The quantitative estimate of drug-likeness (QED) is 0.819. The normalized spacial score (nSPS) is 17.8. The number of likely N-dealkylation sites (tertiary alicyclic amines) is 1. The lowest BCUT2D eigenvalue weighted by atomic mass is 10.2. The maximum atomic E-state index is 13.2. The maximum Gasteiger partial charge on any atom is 0.125 e. The van der Waals surface area contributed by atoms with E-state index >= 15 is 0 Å². The molecule has 2 aromatic rings. The molecule has 0 spiro atoms. The van der Waals surface area contributed by atoms with Crippen molar-refractivity contribution in [3.8, 4) is 5.75 Å². The van der Waals surface area contributed by atoms with Gasteiger partial charge in [-0.25, -0.2) is 4.39 Å². The van der Waals surface area contributed by atoms with Gasteiger partial charge in [0.1, 0.15) is 18.2 Å². The number of aliphatic hydroxyl groups is 1. The van der Waals surface area contributed by atoms with E-state index in [1.165, 1.54) is 12.1 Å². The van der Waals surface area contributed by atoms with Crippen LogP contribution >= 0.6 is 0 Å². The van der Waals surface area contributed by atoms with Crippen molar-refractivity contribution in [2.75, 3.05) is 31.6 Å². The second-order valence-electron chi connectivity index (χ2n) is 6.09. The molecular weight excluding hydrogens is 307 g/mol. The molecular formula is C19H23FN2O2. The Morgan fingerprint density at radius 1 is 1.21 bits per heavy atom. The number of rotatable bonds is 7. The molecule has 1 aliphatic heterocycles. The maximum absolute atomic E-state index is 13.2. The molecule has 0 aliphatic carbocycles. The van der Waals surface area contributed by atoms with Crippen LogP contribution in [0.15, 0.2) is 48.5 Å². The van der Waals surface area contributed by atoms with Crippen LogP contribution in [0, 0.1) is 5.82 Å². The minimum Gasteiger partial charge on any atom is -0.492 e. The number of aliphatic hydroxyl groups excluding tert-OH is 1. The molecule has 1 aliphatic rings. The number of nitrogens with zero attached hydrogens (tertiary/aromatic N) is 1. The summed E-state index contributed by atoms with van der Waals surface area (Å²) in [5.74, 6) is 0.608. The number of hydrogen-bond acceptors (Lipinski definition) is 4. The number of halogens is 1. The number of anilines is 1. The third-order valence-corrected chi connectivity index (χ3v) is 4.25. The molecule has 1 heterocycles. The zero-order valence-corrected chi connectivity index (χ0v) is 13.6. The average Bonchev–Trinajstić information content (AvgIpc) is 3.03. The van der Waals surface area contributed by atoms with Crippen LogP contribution in [-0.4, -0.2) is 42.3 Å². The van der Waals surface area contributed by atoms with Crippen molar-refractivity contribution in [3.05, 3.63) is 59.9 Å². The lowest BCUT2D eigenvalue weighted by molar-refractivity contribution is 0.236. The Hall–Kier alpha value is -2.11. The Bertz CT molecular complexity index is 648. The molecule has 1 unspecified atom stereocenters. The van der Waals surface area contributed by atoms with E-state index in [9.17, 15) is 4.39 Å². The number of nitrogens with one attached hydrogen (secondary N) is 1. The Kier molecular flexibility index (Phi) is 5.67. The summed E-state index contributed by atoms with van der Waals surface area (Å²) in [7, 11) is 0. The van der Waals surface area contributed by atoms with Crippen molar-refractivity contribution in [1.29, 1.82) is 0 Å². The first-order valence-electron chi connectivity index (χ1n) is 8.30. The zero-order chi connectivity index (χ0) is 16.8. The molecule has 3 rings (SSSR count). The van der Waals surface area contributed by atoms with Gasteiger partial charge in [0.05, 0.1) is 6.61 Å². The third-order valence-electron chi connectivity index (χ3n) is 4.25. The fourth-order valence-electron chi connectivity index (χ4n) is 2.95. The molecule has 0 amide bonds. The highest BCUT2D eigenvalue weighted by Crippen LogP contribution is 2.17. The third kappa shape index (κ3) is 4.69. The summed E-state index contributed by atoms with van der Waals surface area (Å²) < 4.78 is 19.0. The summed E-state index contributed by atoms with van der Waals surface area (Å²) in [4.78, 5) is 2.35. The van der Waals surface area contributed by atoms with Crippen LogP contribution in [-0.2, 0) is 6.61 Å². The number of hydrogen-bond donors (Lipinski definition) is 2. The van der Waals surface area contributed by atoms with E-state index in [2.05, 4.69) is 10.2 Å². The van der Waals surface area contributed by atoms with Crippen molar-refractivity contribution in [3.63, 3.8) is 0 Å². The first-order valence-corrected chi connectivity index (χ1v) is 8.30. The predicted octanol–water partition coefficient (Wildman–Crippen LogP) is 2.88. The average molecular weight is 330 g/mol. The van der Waals surface area contributed by atoms with Gasteiger partial charge in [-0.2, -0.15) is 0 Å². The fraction of sp³-hybridized carbons (Fsp3) is 0.368. The van der Waals surface area contributed by atoms with Crippen LogP contribution in [0.4, 0.5) is 10.1 Å². The van der Waals surface area contributed by atoms with E-state index in [1.54, 1.807) is 6.07 Å². The van der Waals surface area contributed by atoms with Gasteiger partial charge in [0, 0.05) is 31.4 Å². The van der Waals surface area contributed by atoms with Crippen LogP contribution in [0.3, 0.4) is 0 Å². The largest absolute Gasteiger partial charge is 0.492 e. The van der Waals surface area contributed by atoms with E-state index in [1.807, 2.05) is 30.3 Å². The molecule has 0 bridgehead atoms. The molecule has 1 atom stereocenters. The lowest BCUT2D eigenvalue weighted by Gasteiger charge is -2.17. The van der Waals surface area contributed by atoms with Gasteiger partial charge >= 0.3 is 0 Å². The molecule has 5 heteroatoms. The van der Waals surface area contributed by atoms with Gasteiger partial charge < -0.3 is 15.2 Å². The topological polar surface area (TPSA) is 44.7 Å². The van der Waals surface area contributed by atoms with Crippen LogP contribution in [0.1, 0.15) is 12.0 Å². The van der Waals surface area contributed by atoms with Crippen molar-refractivity contribution < 1.29 is 14.2 Å². The molecule has 4 nitrogen and oxygen atoms in total. The van der Waals surface area contributed by atoms with E-state index in [0.717, 1.165) is 43.1 Å². The number of benzene rings is 2. The van der Waals surface area contributed by atoms with Crippen molar-refractivity contribution in [2.45, 2.75) is 19.1 Å². The number of ether oxygens (including phenoxy) is 1. The second-order valence-corrected chi connectivity index (χ2v) is 6.09. The first-order chi connectivity index (χ1) is 11.7. The fourth-order valence-corrected chi connectivity index (χ4v) is 2.95. The summed E-state index contributed by atoms with van der Waals surface area (Å²) >= 11 is 0. The predicted molar refractivity (Wildman–Crippen MR) is 92.7 cm³/mol. The van der Waals surface area contributed by atoms with Crippen LogP contribution in [0.5, 0.6) is 5.75 Å². The van der Waals surface area contributed by atoms with Gasteiger partial charge in [-0.3, -0.25) is 4.90 Å². The highest BCUT2D eigenvalue weighted by Gasteiger charge is 2.22. The molecule has 1 fully saturated rings. The lowest BCUT2D eigenvalue weighted by Crippen LogP contribution is -2.29. The Morgan fingerprint density at radius 2 is 2.04 bits per heavy atom. The van der Waals surface area contributed by atoms with Crippen LogP contribution in [0.25, 0.3) is 0 Å². The Morgan fingerprint density at radius 3 is 2.79 bits per heavy atom. The van der Waals surface area contributed by atoms with Gasteiger partial charge in [0.15, 0.2) is 0 Å². The smallest absolute Gasteiger partial charge is 0.125 e. The van der Waals surface area contributed by atoms with Crippen molar-refractivity contribution in [1.82, 2.24) is 4.90 Å². The van der Waals surface area contributed by atoms with Crippen LogP contribution in [0.2, 0.25) is 0 Å². The minimum atomic E-state index is -0.213. The molecule has 0 aromatic heterocycles. The Balaban J connectivity index is 1.39. The highest BCUT2D eigenvalue weighted by molar-refractivity contribution is 5.44. The highest BCUT2D eigenvalue weighted by atomic mass is 19.1. The first kappa shape index (κ1) is 16.7. The molecule has 0 radical (unpaired) electrons.